The fourth-order valence-corrected chi connectivity index (χ4v) is 2.05. The fourth-order valence-electron chi connectivity index (χ4n) is 2.05. The maximum atomic E-state index is 10.4. The van der Waals surface area contributed by atoms with Crippen molar-refractivity contribution in [3.8, 4) is 0 Å². The van der Waals surface area contributed by atoms with Crippen LogP contribution >= 0.6 is 0 Å². The van der Waals surface area contributed by atoms with Crippen molar-refractivity contribution in [2.45, 2.75) is 38.7 Å². The van der Waals surface area contributed by atoms with E-state index in [2.05, 4.69) is 23.4 Å². The number of aromatic nitrogens is 2. The van der Waals surface area contributed by atoms with Gasteiger partial charge in [0.1, 0.15) is 0 Å². The molecule has 5 heteroatoms. The van der Waals surface area contributed by atoms with Gasteiger partial charge < -0.3 is 15.2 Å². The van der Waals surface area contributed by atoms with Gasteiger partial charge in [0.25, 0.3) is 0 Å². The molecule has 1 unspecified atom stereocenters. The molecule has 19 heavy (non-hydrogen) atoms. The first-order valence-electron chi connectivity index (χ1n) is 6.92. The zero-order chi connectivity index (χ0) is 14.3. The third-order valence-electron chi connectivity index (χ3n) is 3.27. The minimum Gasteiger partial charge on any atom is -0.390 e. The highest BCUT2D eigenvalue weighted by Crippen LogP contribution is 2.17. The largest absolute Gasteiger partial charge is 0.390 e. The van der Waals surface area contributed by atoms with E-state index in [-0.39, 0.29) is 0 Å². The van der Waals surface area contributed by atoms with Crippen LogP contribution in [0.5, 0.6) is 0 Å². The van der Waals surface area contributed by atoms with E-state index in [1.54, 1.807) is 7.11 Å². The molecule has 0 amide bonds. The molecule has 0 bridgehead atoms. The summed E-state index contributed by atoms with van der Waals surface area (Å²) in [6, 6.07) is 2.08. The maximum absolute atomic E-state index is 10.4. The van der Waals surface area contributed by atoms with E-state index in [0.29, 0.717) is 19.4 Å². The van der Waals surface area contributed by atoms with Gasteiger partial charge in [-0.15, -0.1) is 0 Å². The molecule has 0 spiro atoms. The highest BCUT2D eigenvalue weighted by atomic mass is 16.5. The Morgan fingerprint density at radius 3 is 2.79 bits per heavy atom. The summed E-state index contributed by atoms with van der Waals surface area (Å²) < 4.78 is 6.83. The summed E-state index contributed by atoms with van der Waals surface area (Å²) >= 11 is 0. The lowest BCUT2D eigenvalue weighted by Gasteiger charge is -2.23. The van der Waals surface area contributed by atoms with Gasteiger partial charge in [-0.3, -0.25) is 4.68 Å². The van der Waals surface area contributed by atoms with E-state index in [0.717, 1.165) is 30.9 Å². The number of ether oxygens (including phenoxy) is 1. The van der Waals surface area contributed by atoms with Crippen molar-refractivity contribution in [3.63, 3.8) is 0 Å². The molecule has 0 aromatic carbocycles. The Morgan fingerprint density at radius 2 is 2.21 bits per heavy atom. The molecule has 5 nitrogen and oxygen atoms in total. The predicted octanol–water partition coefficient (Wildman–Crippen LogP) is 0.902. The average molecular weight is 269 g/mol. The molecule has 1 rings (SSSR count). The molecule has 0 fully saturated rings. The number of aryl methyl sites for hydroxylation is 2. The van der Waals surface area contributed by atoms with Gasteiger partial charge in [0.15, 0.2) is 0 Å². The topological polar surface area (TPSA) is 59.3 Å². The van der Waals surface area contributed by atoms with Crippen LogP contribution in [0.3, 0.4) is 0 Å². The number of hydrogen-bond acceptors (Lipinski definition) is 4. The standard InChI is InChI=1S/C14H27N3O2/c1-5-12-10-13(17(3)16-12)11-14(2,18)6-7-15-8-9-19-4/h10,15,18H,5-9,11H2,1-4H3. The first-order chi connectivity index (χ1) is 8.98. The van der Waals surface area contributed by atoms with Crippen molar-refractivity contribution >= 4 is 0 Å². The molecule has 110 valence electrons. The quantitative estimate of drug-likeness (QED) is 0.654. The normalized spacial score (nSPS) is 14.6. The molecule has 0 aliphatic rings. The van der Waals surface area contributed by atoms with E-state index < -0.39 is 5.60 Å². The summed E-state index contributed by atoms with van der Waals surface area (Å²) in [5.41, 5.74) is 1.45. The van der Waals surface area contributed by atoms with Gasteiger partial charge in [0, 0.05) is 32.8 Å². The van der Waals surface area contributed by atoms with Gasteiger partial charge in [-0.05, 0) is 32.4 Å². The van der Waals surface area contributed by atoms with Crippen molar-refractivity contribution < 1.29 is 9.84 Å². The van der Waals surface area contributed by atoms with Crippen LogP contribution in [0, 0.1) is 0 Å². The van der Waals surface area contributed by atoms with Gasteiger partial charge in [0.05, 0.1) is 17.9 Å². The molecule has 1 aromatic rings. The number of rotatable bonds is 9. The van der Waals surface area contributed by atoms with Gasteiger partial charge >= 0.3 is 0 Å². The SMILES string of the molecule is CCc1cc(CC(C)(O)CCNCCOC)n(C)n1. The first kappa shape index (κ1) is 16.1. The molecule has 0 saturated heterocycles. The van der Waals surface area contributed by atoms with Crippen molar-refractivity contribution in [1.29, 1.82) is 0 Å². The van der Waals surface area contributed by atoms with Crippen LogP contribution in [0.4, 0.5) is 0 Å². The Hall–Kier alpha value is -0.910. The third kappa shape index (κ3) is 5.72. The number of nitrogens with one attached hydrogen (secondary N) is 1. The smallest absolute Gasteiger partial charge is 0.0686 e. The van der Waals surface area contributed by atoms with Gasteiger partial charge in [-0.2, -0.15) is 5.10 Å². The number of methoxy groups -OCH3 is 1. The van der Waals surface area contributed by atoms with E-state index in [4.69, 9.17) is 4.74 Å². The molecular formula is C14H27N3O2. The Bertz CT molecular complexity index is 375. The highest BCUT2D eigenvalue weighted by Gasteiger charge is 2.22. The van der Waals surface area contributed by atoms with Crippen LogP contribution in [-0.2, 0) is 24.6 Å². The summed E-state index contributed by atoms with van der Waals surface area (Å²) in [5, 5.41) is 18.1. The Kier molecular flexibility index (Phi) is 6.48. The minimum atomic E-state index is -0.709. The van der Waals surface area contributed by atoms with Crippen molar-refractivity contribution in [3.05, 3.63) is 17.5 Å². The Morgan fingerprint density at radius 1 is 1.47 bits per heavy atom. The molecule has 0 radical (unpaired) electrons. The van der Waals surface area contributed by atoms with Crippen LogP contribution in [-0.4, -0.2) is 47.3 Å². The number of nitrogens with zero attached hydrogens (tertiary/aromatic N) is 2. The second-order valence-electron chi connectivity index (χ2n) is 5.27. The molecule has 0 saturated carbocycles. The van der Waals surface area contributed by atoms with Crippen molar-refractivity contribution in [2.75, 3.05) is 26.8 Å². The van der Waals surface area contributed by atoms with E-state index in [1.807, 2.05) is 18.7 Å². The minimum absolute atomic E-state index is 0.627. The number of aliphatic hydroxyl groups is 1. The zero-order valence-electron chi connectivity index (χ0n) is 12.6. The lowest BCUT2D eigenvalue weighted by molar-refractivity contribution is 0.0492. The summed E-state index contributed by atoms with van der Waals surface area (Å²) in [6.07, 6.45) is 2.26. The van der Waals surface area contributed by atoms with Gasteiger partial charge in [0.2, 0.25) is 0 Å². The molecule has 1 heterocycles. The van der Waals surface area contributed by atoms with Crippen LogP contribution in [0.25, 0.3) is 0 Å². The average Bonchev–Trinajstić information content (AvgIpc) is 2.69. The lowest BCUT2D eigenvalue weighted by atomic mass is 9.96. The van der Waals surface area contributed by atoms with Crippen LogP contribution in [0.15, 0.2) is 6.07 Å². The molecular weight excluding hydrogens is 242 g/mol. The summed E-state index contributed by atoms with van der Waals surface area (Å²) in [7, 11) is 3.62. The summed E-state index contributed by atoms with van der Waals surface area (Å²) in [6.45, 7) is 6.27. The van der Waals surface area contributed by atoms with Crippen LogP contribution in [0.2, 0.25) is 0 Å². The van der Waals surface area contributed by atoms with Crippen molar-refractivity contribution in [1.82, 2.24) is 15.1 Å². The predicted molar refractivity (Wildman–Crippen MR) is 76.3 cm³/mol. The molecule has 1 aromatic heterocycles. The molecule has 2 N–H and O–H groups in total. The summed E-state index contributed by atoms with van der Waals surface area (Å²) in [4.78, 5) is 0. The molecule has 0 aliphatic heterocycles. The van der Waals surface area contributed by atoms with Crippen LogP contribution < -0.4 is 5.32 Å². The second kappa shape index (κ2) is 7.62. The van der Waals surface area contributed by atoms with Gasteiger partial charge in [-0.1, -0.05) is 6.92 Å². The highest BCUT2D eigenvalue weighted by molar-refractivity contribution is 5.12. The molecule has 1 atom stereocenters. The first-order valence-corrected chi connectivity index (χ1v) is 6.92. The third-order valence-corrected chi connectivity index (χ3v) is 3.27. The zero-order valence-corrected chi connectivity index (χ0v) is 12.6. The maximum Gasteiger partial charge on any atom is 0.0686 e. The Labute approximate surface area is 116 Å². The second-order valence-corrected chi connectivity index (χ2v) is 5.27. The fraction of sp³-hybridized carbons (Fsp3) is 0.786. The number of hydrogen-bond donors (Lipinski definition) is 2. The van der Waals surface area contributed by atoms with Crippen LogP contribution in [0.1, 0.15) is 31.7 Å². The van der Waals surface area contributed by atoms with E-state index in [9.17, 15) is 5.11 Å². The van der Waals surface area contributed by atoms with E-state index in [1.165, 1.54) is 0 Å². The lowest BCUT2D eigenvalue weighted by Crippen LogP contribution is -2.33. The van der Waals surface area contributed by atoms with E-state index >= 15 is 0 Å². The summed E-state index contributed by atoms with van der Waals surface area (Å²) in [5.74, 6) is 0. The molecule has 0 aliphatic carbocycles. The van der Waals surface area contributed by atoms with Gasteiger partial charge in [-0.25, -0.2) is 0 Å². The Balaban J connectivity index is 2.42. The van der Waals surface area contributed by atoms with Crippen molar-refractivity contribution in [2.24, 2.45) is 7.05 Å². The monoisotopic (exact) mass is 269 g/mol.